The van der Waals surface area contributed by atoms with E-state index in [4.69, 9.17) is 14.2 Å². The fourth-order valence-corrected chi connectivity index (χ4v) is 5.73. The van der Waals surface area contributed by atoms with E-state index in [1.807, 2.05) is 27.2 Å². The molecule has 0 aromatic heterocycles. The minimum Gasteiger partial charge on any atom is -0.477 e. The second-order valence-electron chi connectivity index (χ2n) is 14.9. The third-order valence-corrected chi connectivity index (χ3v) is 8.96. The van der Waals surface area contributed by atoms with E-state index in [1.54, 1.807) is 6.08 Å². The summed E-state index contributed by atoms with van der Waals surface area (Å²) in [6, 6.07) is -0.629. The number of carbonyl (C=O) groups is 3. The molecule has 0 amide bonds. The van der Waals surface area contributed by atoms with Gasteiger partial charge in [-0.15, -0.1) is 0 Å². The molecule has 0 radical (unpaired) electrons. The monoisotopic (exact) mass is 745 g/mol. The van der Waals surface area contributed by atoms with Crippen LogP contribution in [0.2, 0.25) is 0 Å². The molecule has 0 saturated heterocycles. The molecular formula is C45H78NO7+. The van der Waals surface area contributed by atoms with Gasteiger partial charge in [-0.2, -0.15) is 0 Å². The highest BCUT2D eigenvalue weighted by Crippen LogP contribution is 2.13. The third kappa shape index (κ3) is 34.5. The number of nitrogens with zero attached hydrogens (tertiary/aromatic N) is 1. The van der Waals surface area contributed by atoms with Crippen LogP contribution in [-0.4, -0.2) is 80.6 Å². The van der Waals surface area contributed by atoms with Gasteiger partial charge >= 0.3 is 17.9 Å². The predicted octanol–water partition coefficient (Wildman–Crippen LogP) is 11.0. The second-order valence-corrected chi connectivity index (χ2v) is 14.9. The molecule has 53 heavy (non-hydrogen) atoms. The van der Waals surface area contributed by atoms with Crippen molar-refractivity contribution in [3.63, 3.8) is 0 Å². The van der Waals surface area contributed by atoms with Crippen LogP contribution < -0.4 is 0 Å². The van der Waals surface area contributed by atoms with Crippen molar-refractivity contribution < 1.29 is 38.2 Å². The zero-order valence-electron chi connectivity index (χ0n) is 34.4. The van der Waals surface area contributed by atoms with Crippen molar-refractivity contribution in [1.82, 2.24) is 0 Å². The van der Waals surface area contributed by atoms with Crippen molar-refractivity contribution in [3.8, 4) is 0 Å². The smallest absolute Gasteiger partial charge is 0.362 e. The fraction of sp³-hybridized carbons (Fsp3) is 0.711. The highest BCUT2D eigenvalue weighted by Gasteiger charge is 2.31. The molecule has 8 nitrogen and oxygen atoms in total. The summed E-state index contributed by atoms with van der Waals surface area (Å²) in [5.41, 5.74) is 0. The Bertz CT molecular complexity index is 1050. The van der Waals surface area contributed by atoms with E-state index in [2.05, 4.69) is 62.5 Å². The predicted molar refractivity (Wildman–Crippen MR) is 220 cm³/mol. The summed E-state index contributed by atoms with van der Waals surface area (Å²) in [5, 5.41) is 9.58. The molecule has 2 unspecified atom stereocenters. The van der Waals surface area contributed by atoms with Crippen LogP contribution in [0.25, 0.3) is 0 Å². The quantitative estimate of drug-likeness (QED) is 0.0224. The van der Waals surface area contributed by atoms with Crippen LogP contribution >= 0.6 is 0 Å². The number of likely N-dealkylation sites (N-methyl/N-ethyl adjacent to an activating group) is 1. The highest BCUT2D eigenvalue weighted by atomic mass is 16.6. The summed E-state index contributed by atoms with van der Waals surface area (Å²) < 4.78 is 17.1. The van der Waals surface area contributed by atoms with Crippen LogP contribution in [0.1, 0.15) is 155 Å². The van der Waals surface area contributed by atoms with Crippen LogP contribution in [0.5, 0.6) is 0 Å². The van der Waals surface area contributed by atoms with Crippen molar-refractivity contribution in [2.24, 2.45) is 0 Å². The molecule has 0 bridgehead atoms. The maximum Gasteiger partial charge on any atom is 0.362 e. The first kappa shape index (κ1) is 50.0. The van der Waals surface area contributed by atoms with E-state index in [9.17, 15) is 19.5 Å². The van der Waals surface area contributed by atoms with Crippen molar-refractivity contribution >= 4 is 17.9 Å². The lowest BCUT2D eigenvalue weighted by molar-refractivity contribution is -0.887. The Hall–Kier alpha value is -2.97. The van der Waals surface area contributed by atoms with Crippen LogP contribution in [0, 0.1) is 0 Å². The molecule has 0 heterocycles. The number of ether oxygens (including phenoxy) is 3. The minimum atomic E-state index is -0.890. The summed E-state index contributed by atoms with van der Waals surface area (Å²) in [6.45, 7) is 4.47. The lowest BCUT2D eigenvalue weighted by Gasteiger charge is -2.31. The average Bonchev–Trinajstić information content (AvgIpc) is 3.11. The molecule has 0 aliphatic carbocycles. The highest BCUT2D eigenvalue weighted by molar-refractivity contribution is 5.72. The maximum atomic E-state index is 12.6. The van der Waals surface area contributed by atoms with Gasteiger partial charge in [-0.1, -0.05) is 145 Å². The Labute approximate surface area is 324 Å². The van der Waals surface area contributed by atoms with E-state index >= 15 is 0 Å². The van der Waals surface area contributed by atoms with Gasteiger partial charge in [0.2, 0.25) is 0 Å². The van der Waals surface area contributed by atoms with Gasteiger partial charge in [-0.25, -0.2) is 4.79 Å². The summed E-state index contributed by atoms with van der Waals surface area (Å²) in [7, 11) is 5.48. The number of quaternary nitrogens is 1. The summed E-state index contributed by atoms with van der Waals surface area (Å²) in [5.74, 6) is -1.63. The van der Waals surface area contributed by atoms with E-state index in [0.717, 1.165) is 38.5 Å². The first-order valence-electron chi connectivity index (χ1n) is 20.8. The van der Waals surface area contributed by atoms with Gasteiger partial charge in [-0.3, -0.25) is 9.59 Å². The van der Waals surface area contributed by atoms with E-state index in [0.29, 0.717) is 12.8 Å². The van der Waals surface area contributed by atoms with Gasteiger partial charge in [0.15, 0.2) is 12.1 Å². The van der Waals surface area contributed by atoms with Gasteiger partial charge in [0.25, 0.3) is 0 Å². The molecule has 304 valence electrons. The summed E-state index contributed by atoms with van der Waals surface area (Å²) in [6.07, 6.45) is 43.1. The number of rotatable bonds is 36. The van der Waals surface area contributed by atoms with Crippen molar-refractivity contribution in [1.29, 1.82) is 0 Å². The van der Waals surface area contributed by atoms with Crippen LogP contribution in [0.3, 0.4) is 0 Å². The molecule has 0 spiro atoms. The largest absolute Gasteiger partial charge is 0.477 e. The van der Waals surface area contributed by atoms with E-state index < -0.39 is 24.1 Å². The molecule has 8 heteroatoms. The summed E-state index contributed by atoms with van der Waals surface area (Å²) >= 11 is 0. The number of aliphatic carboxylic acids is 1. The normalized spacial score (nSPS) is 13.6. The molecule has 0 aliphatic heterocycles. The average molecular weight is 745 g/mol. The van der Waals surface area contributed by atoms with Crippen molar-refractivity contribution in [2.45, 2.75) is 167 Å². The maximum absolute atomic E-state index is 12.6. The number of esters is 2. The van der Waals surface area contributed by atoms with E-state index in [1.165, 1.54) is 83.5 Å². The lowest BCUT2D eigenvalue weighted by Crippen LogP contribution is -2.50. The van der Waals surface area contributed by atoms with Crippen LogP contribution in [0.15, 0.2) is 60.8 Å². The molecule has 0 aromatic carbocycles. The Morgan fingerprint density at radius 1 is 0.623 bits per heavy atom. The zero-order chi connectivity index (χ0) is 39.3. The molecule has 0 aliphatic rings. The van der Waals surface area contributed by atoms with Gasteiger partial charge in [0, 0.05) is 12.8 Å². The van der Waals surface area contributed by atoms with Gasteiger partial charge in [0.1, 0.15) is 6.61 Å². The minimum absolute atomic E-state index is 0.0220. The topological polar surface area (TPSA) is 99.1 Å². The Morgan fingerprint density at radius 2 is 1.15 bits per heavy atom. The number of carboxylic acids is 1. The number of carbonyl (C=O) groups excluding carboxylic acids is 2. The third-order valence-electron chi connectivity index (χ3n) is 8.96. The second kappa shape index (κ2) is 36.0. The Morgan fingerprint density at radius 3 is 1.70 bits per heavy atom. The molecule has 0 fully saturated rings. The number of unbranched alkanes of at least 4 members (excludes halogenated alkanes) is 14. The van der Waals surface area contributed by atoms with Gasteiger partial charge in [0.05, 0.1) is 40.8 Å². The summed E-state index contributed by atoms with van der Waals surface area (Å²) in [4.78, 5) is 36.7. The molecule has 1 N–H and O–H groups in total. The Balaban J connectivity index is 4.31. The number of hydrogen-bond acceptors (Lipinski definition) is 6. The lowest BCUT2D eigenvalue weighted by atomic mass is 10.1. The fourth-order valence-electron chi connectivity index (χ4n) is 5.73. The van der Waals surface area contributed by atoms with Crippen LogP contribution in [-0.2, 0) is 28.6 Å². The van der Waals surface area contributed by atoms with Crippen molar-refractivity contribution in [2.75, 3.05) is 41.0 Å². The molecular weight excluding hydrogens is 666 g/mol. The molecule has 0 rings (SSSR count). The zero-order valence-corrected chi connectivity index (χ0v) is 34.4. The van der Waals surface area contributed by atoms with Crippen molar-refractivity contribution in [3.05, 3.63) is 60.8 Å². The SMILES string of the molecule is CC/C=C/C/C=C/C/C=C/CC(=O)OC(COCCC(C(=O)O)[N+](C)(C)C)COC(=O)CCCCCCCCCCCC/C=C/C=C/CCCCCC. The first-order chi connectivity index (χ1) is 25.6. The first-order valence-corrected chi connectivity index (χ1v) is 20.8. The molecule has 2 atom stereocenters. The Kier molecular flexibility index (Phi) is 34.0. The molecule has 0 saturated carbocycles. The molecule has 0 aromatic rings. The number of carboxylic acid groups (broad SMARTS) is 1. The number of allylic oxidation sites excluding steroid dienone is 9. The standard InChI is InChI=1S/C45H77NO7/c1-6-8-10-12-14-16-17-18-19-20-21-22-23-24-25-26-28-29-31-33-35-43(47)52-40-41(39-51-38-37-42(45(49)50)46(3,4)5)53-44(48)36-34-32-30-27-15-13-11-9-7-2/h9,11,15-19,27,32,34,41-42H,6-8,10,12-14,20-26,28-31,33,35-40H2,1-5H3/p+1/b11-9+,17-16+,19-18+,27-15+,34-32+. The van der Waals surface area contributed by atoms with Gasteiger partial charge in [-0.05, 0) is 51.4 Å². The van der Waals surface area contributed by atoms with Crippen LogP contribution in [0.4, 0.5) is 0 Å². The number of hydrogen-bond donors (Lipinski definition) is 1. The van der Waals surface area contributed by atoms with Gasteiger partial charge < -0.3 is 23.8 Å². The van der Waals surface area contributed by atoms with E-state index in [-0.39, 0.29) is 36.7 Å².